The van der Waals surface area contributed by atoms with Crippen LogP contribution in [0, 0.1) is 12.8 Å². The van der Waals surface area contributed by atoms with Gasteiger partial charge in [-0.3, -0.25) is 4.98 Å². The summed E-state index contributed by atoms with van der Waals surface area (Å²) in [7, 11) is 0. The molecule has 5 nitrogen and oxygen atoms in total. The van der Waals surface area contributed by atoms with E-state index in [1.807, 2.05) is 31.2 Å². The van der Waals surface area contributed by atoms with Crippen LogP contribution in [0.15, 0.2) is 24.3 Å². The Balaban J connectivity index is 0.000000677. The van der Waals surface area contributed by atoms with Crippen LogP contribution in [-0.4, -0.2) is 17.7 Å². The van der Waals surface area contributed by atoms with Crippen molar-refractivity contribution in [1.29, 1.82) is 0 Å². The molecule has 112 valence electrons. The number of rotatable bonds is 4. The van der Waals surface area contributed by atoms with Crippen LogP contribution in [0.4, 0.5) is 5.69 Å². The second-order valence-corrected chi connectivity index (χ2v) is 4.91. The monoisotopic (exact) mass is 288 g/mol. The Kier molecular flexibility index (Phi) is 6.37. The van der Waals surface area contributed by atoms with Crippen LogP contribution in [0.2, 0.25) is 0 Å². The molecule has 0 spiro atoms. The molecule has 21 heavy (non-hydrogen) atoms. The van der Waals surface area contributed by atoms with Gasteiger partial charge >= 0.3 is 6.15 Å². The number of pyridine rings is 1. The number of ether oxygens (including phenoxy) is 1. The number of aromatic nitrogens is 1. The maximum Gasteiger partial charge on any atom is 0.373 e. The molecule has 1 atom stereocenters. The van der Waals surface area contributed by atoms with E-state index in [0.717, 1.165) is 34.5 Å². The van der Waals surface area contributed by atoms with Crippen molar-refractivity contribution in [3.8, 4) is 5.75 Å². The van der Waals surface area contributed by atoms with Crippen molar-refractivity contribution in [1.82, 2.24) is 4.98 Å². The number of aryl methyl sites for hydroxylation is 1. The van der Waals surface area contributed by atoms with Gasteiger partial charge in [-0.25, -0.2) is 0 Å². The smallest absolute Gasteiger partial charge is 0.373 e. The van der Waals surface area contributed by atoms with Crippen LogP contribution in [0.3, 0.4) is 0 Å². The van der Waals surface area contributed by atoms with Gasteiger partial charge in [0.2, 0.25) is 0 Å². The van der Waals surface area contributed by atoms with E-state index in [1.165, 1.54) is 0 Å². The normalized spacial score (nSPS) is 11.2. The summed E-state index contributed by atoms with van der Waals surface area (Å²) < 4.78 is 5.87. The van der Waals surface area contributed by atoms with E-state index in [0.29, 0.717) is 12.5 Å². The largest absolute Gasteiger partial charge is 0.493 e. The molecule has 0 aliphatic rings. The van der Waals surface area contributed by atoms with E-state index >= 15 is 0 Å². The predicted molar refractivity (Wildman–Crippen MR) is 80.8 cm³/mol. The first-order valence-corrected chi connectivity index (χ1v) is 6.81. The molecule has 0 amide bonds. The summed E-state index contributed by atoms with van der Waals surface area (Å²) in [5.74, 6) is 1.37. The summed E-state index contributed by atoms with van der Waals surface area (Å²) in [5.41, 5.74) is 8.64. The predicted octanol–water partition coefficient (Wildman–Crippen LogP) is 2.97. The molecule has 0 aliphatic heterocycles. The molecule has 1 unspecified atom stereocenters. The van der Waals surface area contributed by atoms with Gasteiger partial charge in [0.25, 0.3) is 0 Å². The summed E-state index contributed by atoms with van der Waals surface area (Å²) in [6, 6.07) is 7.77. The van der Waals surface area contributed by atoms with E-state index < -0.39 is 0 Å². The first kappa shape index (κ1) is 16.7. The maximum absolute atomic E-state index is 8.12. The number of hydrogen-bond acceptors (Lipinski definition) is 5. The van der Waals surface area contributed by atoms with Crippen molar-refractivity contribution in [2.75, 3.05) is 12.3 Å². The second-order valence-electron chi connectivity index (χ2n) is 4.91. The average molecular weight is 288 g/mol. The number of benzene rings is 1. The molecule has 1 aromatic heterocycles. The lowest BCUT2D eigenvalue weighted by Gasteiger charge is -2.14. The highest BCUT2D eigenvalue weighted by Gasteiger charge is 2.09. The van der Waals surface area contributed by atoms with E-state index in [-0.39, 0.29) is 6.15 Å². The first-order valence-electron chi connectivity index (χ1n) is 6.81. The Hall–Kier alpha value is -2.39. The Morgan fingerprint density at radius 2 is 2.05 bits per heavy atom. The first-order chi connectivity index (χ1) is 10.0. The van der Waals surface area contributed by atoms with Gasteiger partial charge in [-0.2, -0.15) is 9.59 Å². The molecule has 2 aromatic rings. The van der Waals surface area contributed by atoms with Gasteiger partial charge in [-0.15, -0.1) is 0 Å². The standard InChI is InChI=1S/C15H20N2O.CO2/c1-4-10(2)9-18-14-7-5-6-13-15(14)12(16)8-11(3)17-13;2-1-3/h5-8,10H,4,9H2,1-3H3,(H2,16,17);. The number of nitrogens with zero attached hydrogens (tertiary/aromatic N) is 1. The lowest BCUT2D eigenvalue weighted by Crippen LogP contribution is -2.08. The highest BCUT2D eigenvalue weighted by molar-refractivity contribution is 5.95. The molecular weight excluding hydrogens is 268 g/mol. The molecule has 0 bridgehead atoms. The number of anilines is 1. The van der Waals surface area contributed by atoms with Crippen molar-refractivity contribution in [2.24, 2.45) is 5.92 Å². The molecule has 1 heterocycles. The molecule has 5 heteroatoms. The highest BCUT2D eigenvalue weighted by atomic mass is 16.5. The molecule has 0 radical (unpaired) electrons. The summed E-state index contributed by atoms with van der Waals surface area (Å²) >= 11 is 0. The van der Waals surface area contributed by atoms with Crippen molar-refractivity contribution in [2.45, 2.75) is 27.2 Å². The molecule has 2 N–H and O–H groups in total. The van der Waals surface area contributed by atoms with E-state index in [2.05, 4.69) is 18.8 Å². The van der Waals surface area contributed by atoms with Gasteiger partial charge in [-0.1, -0.05) is 26.3 Å². The molecule has 1 aromatic carbocycles. The SMILES string of the molecule is CCC(C)COc1cccc2nc(C)cc(N)c12.O=C=O. The van der Waals surface area contributed by atoms with E-state index in [1.54, 1.807) is 0 Å². The molecule has 0 fully saturated rings. The lowest BCUT2D eigenvalue weighted by molar-refractivity contribution is -0.191. The highest BCUT2D eigenvalue weighted by Crippen LogP contribution is 2.30. The number of nitrogens with two attached hydrogens (primary N) is 1. The Morgan fingerprint density at radius 3 is 2.67 bits per heavy atom. The van der Waals surface area contributed by atoms with Gasteiger partial charge in [0.1, 0.15) is 5.75 Å². The maximum atomic E-state index is 8.12. The van der Waals surface area contributed by atoms with Gasteiger partial charge in [0, 0.05) is 11.4 Å². The number of carbonyl (C=O) groups excluding carboxylic acids is 2. The molecule has 0 saturated carbocycles. The third-order valence-electron chi connectivity index (χ3n) is 3.17. The second kappa shape index (κ2) is 8.02. The molecular formula is C16H20N2O3. The Labute approximate surface area is 124 Å². The minimum atomic E-state index is 0.250. The fourth-order valence-corrected chi connectivity index (χ4v) is 1.89. The summed E-state index contributed by atoms with van der Waals surface area (Å²) in [6.45, 7) is 7.00. The van der Waals surface area contributed by atoms with Crippen molar-refractivity contribution in [3.63, 3.8) is 0 Å². The quantitative estimate of drug-likeness (QED) is 0.935. The summed E-state index contributed by atoms with van der Waals surface area (Å²) in [5, 5.41) is 0.923. The van der Waals surface area contributed by atoms with Crippen LogP contribution in [0.25, 0.3) is 10.9 Å². The van der Waals surface area contributed by atoms with E-state index in [4.69, 9.17) is 20.1 Å². The number of nitrogen functional groups attached to an aromatic ring is 1. The van der Waals surface area contributed by atoms with Crippen molar-refractivity contribution < 1.29 is 14.3 Å². The number of fused-ring (bicyclic) bond motifs is 1. The van der Waals surface area contributed by atoms with Crippen LogP contribution < -0.4 is 10.5 Å². The minimum absolute atomic E-state index is 0.250. The number of hydrogen-bond donors (Lipinski definition) is 1. The third kappa shape index (κ3) is 4.58. The minimum Gasteiger partial charge on any atom is -0.493 e. The fourth-order valence-electron chi connectivity index (χ4n) is 1.89. The zero-order valence-corrected chi connectivity index (χ0v) is 12.6. The van der Waals surface area contributed by atoms with Crippen molar-refractivity contribution in [3.05, 3.63) is 30.0 Å². The average Bonchev–Trinajstić information content (AvgIpc) is 2.44. The van der Waals surface area contributed by atoms with Gasteiger partial charge < -0.3 is 10.5 Å². The van der Waals surface area contributed by atoms with Crippen molar-refractivity contribution >= 4 is 22.7 Å². The van der Waals surface area contributed by atoms with Gasteiger partial charge in [-0.05, 0) is 31.0 Å². The lowest BCUT2D eigenvalue weighted by atomic mass is 10.1. The molecule has 0 saturated heterocycles. The Morgan fingerprint density at radius 1 is 1.38 bits per heavy atom. The van der Waals surface area contributed by atoms with Crippen LogP contribution in [0.1, 0.15) is 26.0 Å². The summed E-state index contributed by atoms with van der Waals surface area (Å²) in [6.07, 6.45) is 1.36. The van der Waals surface area contributed by atoms with Crippen LogP contribution in [0.5, 0.6) is 5.75 Å². The van der Waals surface area contributed by atoms with Gasteiger partial charge in [0.15, 0.2) is 0 Å². The van der Waals surface area contributed by atoms with Gasteiger partial charge in [0.05, 0.1) is 17.5 Å². The Bertz CT molecular complexity index is 635. The molecule has 0 aliphatic carbocycles. The van der Waals surface area contributed by atoms with Crippen LogP contribution in [-0.2, 0) is 9.59 Å². The van der Waals surface area contributed by atoms with E-state index in [9.17, 15) is 0 Å². The van der Waals surface area contributed by atoms with Crippen LogP contribution >= 0.6 is 0 Å². The summed E-state index contributed by atoms with van der Waals surface area (Å²) in [4.78, 5) is 20.7. The third-order valence-corrected chi connectivity index (χ3v) is 3.17. The topological polar surface area (TPSA) is 82.3 Å². The fraction of sp³-hybridized carbons (Fsp3) is 0.375. The zero-order valence-electron chi connectivity index (χ0n) is 12.6. The zero-order chi connectivity index (χ0) is 15.8. The molecule has 2 rings (SSSR count).